The SMILES string of the molecule is CCCOc1c(OCCC)c(OC(C)C)c2ccc(Cl)cc2c1OC(=O)C(C)(C)C. The average molecular weight is 437 g/mol. The largest absolute Gasteiger partial charge is 0.486 e. The zero-order valence-electron chi connectivity index (χ0n) is 19.1. The number of hydrogen-bond acceptors (Lipinski definition) is 5. The van der Waals surface area contributed by atoms with E-state index in [4.69, 9.17) is 30.5 Å². The fourth-order valence-corrected chi connectivity index (χ4v) is 2.90. The smallest absolute Gasteiger partial charge is 0.316 e. The topological polar surface area (TPSA) is 54.0 Å². The van der Waals surface area contributed by atoms with Gasteiger partial charge in [0.25, 0.3) is 0 Å². The lowest BCUT2D eigenvalue weighted by Gasteiger charge is -2.24. The minimum atomic E-state index is -0.690. The fourth-order valence-electron chi connectivity index (χ4n) is 2.72. The van der Waals surface area contributed by atoms with Gasteiger partial charge < -0.3 is 18.9 Å². The van der Waals surface area contributed by atoms with Gasteiger partial charge >= 0.3 is 5.97 Å². The first-order valence-electron chi connectivity index (χ1n) is 10.5. The average Bonchev–Trinajstić information content (AvgIpc) is 2.66. The van der Waals surface area contributed by atoms with Gasteiger partial charge in [0.1, 0.15) is 0 Å². The summed E-state index contributed by atoms with van der Waals surface area (Å²) in [5.74, 6) is 1.32. The van der Waals surface area contributed by atoms with Crippen molar-refractivity contribution in [1.82, 2.24) is 0 Å². The number of benzene rings is 2. The molecule has 0 aliphatic rings. The zero-order valence-corrected chi connectivity index (χ0v) is 19.8. The molecule has 5 nitrogen and oxygen atoms in total. The third-order valence-corrected chi connectivity index (χ3v) is 4.39. The van der Waals surface area contributed by atoms with Crippen molar-refractivity contribution in [3.8, 4) is 23.0 Å². The highest BCUT2D eigenvalue weighted by Gasteiger charge is 2.30. The van der Waals surface area contributed by atoms with Crippen LogP contribution in [0, 0.1) is 5.41 Å². The van der Waals surface area contributed by atoms with Crippen molar-refractivity contribution in [2.24, 2.45) is 5.41 Å². The van der Waals surface area contributed by atoms with Gasteiger partial charge in [-0.15, -0.1) is 0 Å². The van der Waals surface area contributed by atoms with E-state index in [1.165, 1.54) is 0 Å². The van der Waals surface area contributed by atoms with Crippen molar-refractivity contribution < 1.29 is 23.7 Å². The van der Waals surface area contributed by atoms with Crippen LogP contribution in [0.25, 0.3) is 10.8 Å². The van der Waals surface area contributed by atoms with Crippen LogP contribution >= 0.6 is 11.6 Å². The zero-order chi connectivity index (χ0) is 22.5. The molecule has 0 spiro atoms. The van der Waals surface area contributed by atoms with Crippen LogP contribution in [0.4, 0.5) is 0 Å². The number of carbonyl (C=O) groups excluding carboxylic acids is 1. The Morgan fingerprint density at radius 3 is 2.00 bits per heavy atom. The van der Waals surface area contributed by atoms with Crippen LogP contribution in [0.1, 0.15) is 61.3 Å². The van der Waals surface area contributed by atoms with E-state index in [1.54, 1.807) is 12.1 Å². The van der Waals surface area contributed by atoms with Gasteiger partial charge in [-0.2, -0.15) is 0 Å². The molecule has 0 heterocycles. The molecule has 6 heteroatoms. The number of esters is 1. The second-order valence-electron chi connectivity index (χ2n) is 8.51. The molecule has 0 N–H and O–H groups in total. The van der Waals surface area contributed by atoms with E-state index >= 15 is 0 Å². The summed E-state index contributed by atoms with van der Waals surface area (Å²) >= 11 is 6.30. The molecular weight excluding hydrogens is 404 g/mol. The molecule has 0 fully saturated rings. The van der Waals surface area contributed by atoms with Gasteiger partial charge in [0.15, 0.2) is 11.5 Å². The van der Waals surface area contributed by atoms with Crippen LogP contribution in [0.5, 0.6) is 23.0 Å². The normalized spacial score (nSPS) is 11.6. The van der Waals surface area contributed by atoms with E-state index in [9.17, 15) is 4.79 Å². The molecule has 30 heavy (non-hydrogen) atoms. The van der Waals surface area contributed by atoms with Gasteiger partial charge in [-0.1, -0.05) is 25.4 Å². The molecule has 2 aromatic carbocycles. The number of carbonyl (C=O) groups is 1. The van der Waals surface area contributed by atoms with E-state index < -0.39 is 5.41 Å². The summed E-state index contributed by atoms with van der Waals surface area (Å²) in [7, 11) is 0. The Morgan fingerprint density at radius 2 is 1.50 bits per heavy atom. The standard InChI is InChI=1S/C24H33ClO5/c1-8-12-27-21-19(29-15(3)4)17-11-10-16(25)14-18(17)20(22(21)28-13-9-2)30-23(26)24(5,6)7/h10-11,14-15H,8-9,12-13H2,1-7H3. The number of hydrogen-bond donors (Lipinski definition) is 0. The molecule has 0 saturated heterocycles. The Kier molecular flexibility index (Phi) is 8.25. The van der Waals surface area contributed by atoms with Crippen molar-refractivity contribution in [3.05, 3.63) is 23.2 Å². The maximum absolute atomic E-state index is 12.8. The molecular formula is C24H33ClO5. The summed E-state index contributed by atoms with van der Waals surface area (Å²) in [5.41, 5.74) is -0.690. The van der Waals surface area contributed by atoms with Crippen molar-refractivity contribution in [1.29, 1.82) is 0 Å². The Hall–Kier alpha value is -2.14. The molecule has 166 valence electrons. The first-order chi connectivity index (χ1) is 14.1. The van der Waals surface area contributed by atoms with Crippen molar-refractivity contribution in [2.75, 3.05) is 13.2 Å². The Bertz CT molecular complexity index is 884. The molecule has 0 radical (unpaired) electrons. The summed E-state index contributed by atoms with van der Waals surface area (Å²) in [6.45, 7) is 14.3. The summed E-state index contributed by atoms with van der Waals surface area (Å²) in [6, 6.07) is 5.40. The Morgan fingerprint density at radius 1 is 0.933 bits per heavy atom. The first kappa shape index (κ1) is 24.1. The van der Waals surface area contributed by atoms with E-state index in [0.29, 0.717) is 46.6 Å². The molecule has 0 amide bonds. The summed E-state index contributed by atoms with van der Waals surface area (Å²) in [6.07, 6.45) is 1.51. The minimum Gasteiger partial charge on any atom is -0.486 e. The van der Waals surface area contributed by atoms with Crippen LogP contribution in [0.3, 0.4) is 0 Å². The third-order valence-electron chi connectivity index (χ3n) is 4.15. The molecule has 0 unspecified atom stereocenters. The highest BCUT2D eigenvalue weighted by Crippen LogP contribution is 2.52. The first-order valence-corrected chi connectivity index (χ1v) is 10.9. The van der Waals surface area contributed by atoms with Crippen molar-refractivity contribution >= 4 is 28.3 Å². The van der Waals surface area contributed by atoms with Crippen LogP contribution in [0.2, 0.25) is 5.02 Å². The lowest BCUT2D eigenvalue weighted by atomic mass is 9.97. The van der Waals surface area contributed by atoms with E-state index in [2.05, 4.69) is 0 Å². The fraction of sp³-hybridized carbons (Fsp3) is 0.542. The summed E-state index contributed by atoms with van der Waals surface area (Å²) in [4.78, 5) is 12.8. The van der Waals surface area contributed by atoms with Crippen LogP contribution < -0.4 is 18.9 Å². The number of fused-ring (bicyclic) bond motifs is 1. The molecule has 0 aromatic heterocycles. The second kappa shape index (κ2) is 10.3. The molecule has 0 saturated carbocycles. The van der Waals surface area contributed by atoms with E-state index in [-0.39, 0.29) is 12.1 Å². The van der Waals surface area contributed by atoms with Gasteiger partial charge in [0.2, 0.25) is 11.5 Å². The van der Waals surface area contributed by atoms with E-state index in [1.807, 2.05) is 54.5 Å². The van der Waals surface area contributed by atoms with Gasteiger partial charge in [-0.3, -0.25) is 4.79 Å². The van der Waals surface area contributed by atoms with Crippen LogP contribution in [-0.4, -0.2) is 25.3 Å². The summed E-state index contributed by atoms with van der Waals surface area (Å²) in [5, 5.41) is 1.92. The monoisotopic (exact) mass is 436 g/mol. The van der Waals surface area contributed by atoms with Crippen molar-refractivity contribution in [3.63, 3.8) is 0 Å². The molecule has 0 atom stereocenters. The lowest BCUT2D eigenvalue weighted by molar-refractivity contribution is -0.143. The van der Waals surface area contributed by atoms with E-state index in [0.717, 1.165) is 18.2 Å². The summed E-state index contributed by atoms with van der Waals surface area (Å²) < 4.78 is 24.2. The predicted molar refractivity (Wildman–Crippen MR) is 121 cm³/mol. The number of halogens is 1. The van der Waals surface area contributed by atoms with Crippen LogP contribution in [-0.2, 0) is 4.79 Å². The molecule has 0 bridgehead atoms. The third kappa shape index (κ3) is 5.72. The minimum absolute atomic E-state index is 0.0881. The molecule has 2 aromatic rings. The molecule has 0 aliphatic heterocycles. The Balaban J connectivity index is 2.87. The highest BCUT2D eigenvalue weighted by atomic mass is 35.5. The van der Waals surface area contributed by atoms with Crippen LogP contribution in [0.15, 0.2) is 18.2 Å². The van der Waals surface area contributed by atoms with Gasteiger partial charge in [-0.25, -0.2) is 0 Å². The van der Waals surface area contributed by atoms with Gasteiger partial charge in [0, 0.05) is 15.8 Å². The highest BCUT2D eigenvalue weighted by molar-refractivity contribution is 6.31. The second-order valence-corrected chi connectivity index (χ2v) is 8.95. The number of rotatable bonds is 9. The van der Waals surface area contributed by atoms with Crippen molar-refractivity contribution in [2.45, 2.75) is 67.4 Å². The Labute approximate surface area is 184 Å². The predicted octanol–water partition coefficient (Wildman–Crippen LogP) is 6.81. The van der Waals surface area contributed by atoms with Gasteiger partial charge in [0.05, 0.1) is 24.7 Å². The molecule has 0 aliphatic carbocycles. The maximum atomic E-state index is 12.8. The van der Waals surface area contributed by atoms with Gasteiger partial charge in [-0.05, 0) is 65.7 Å². The lowest BCUT2D eigenvalue weighted by Crippen LogP contribution is -2.26. The molecule has 2 rings (SSSR count). The quantitative estimate of drug-likeness (QED) is 0.319. The number of ether oxygens (including phenoxy) is 4. The maximum Gasteiger partial charge on any atom is 0.316 e.